The van der Waals surface area contributed by atoms with Gasteiger partial charge in [0.15, 0.2) is 6.10 Å². The van der Waals surface area contributed by atoms with Crippen LogP contribution in [0.25, 0.3) is 0 Å². The first-order chi connectivity index (χ1) is 6.43. The van der Waals surface area contributed by atoms with E-state index in [9.17, 15) is 15.0 Å². The molecule has 0 bridgehead atoms. The van der Waals surface area contributed by atoms with E-state index in [0.717, 1.165) is 0 Å². The second kappa shape index (κ2) is 3.67. The lowest BCUT2D eigenvalue weighted by atomic mass is 10.0. The molecule has 1 aromatic carbocycles. The predicted octanol–water partition coefficient (Wildman–Crippen LogP) is 1.13. The number of carbonyl (C=O) groups is 1. The third-order valence-corrected chi connectivity index (χ3v) is 2.06. The second-order valence-corrected chi connectivity index (χ2v) is 3.24. The van der Waals surface area contributed by atoms with Gasteiger partial charge in [-0.1, -0.05) is 0 Å². The molecular weight excluding hydrogens is 184 g/mol. The number of aliphatic carboxylic acids is 1. The predicted molar refractivity (Wildman–Crippen MR) is 50.2 cm³/mol. The third-order valence-electron chi connectivity index (χ3n) is 2.06. The summed E-state index contributed by atoms with van der Waals surface area (Å²) in [6.45, 7) is 3.31. The van der Waals surface area contributed by atoms with E-state index in [0.29, 0.717) is 11.1 Å². The van der Waals surface area contributed by atoms with Crippen LogP contribution in [0.1, 0.15) is 22.8 Å². The number of hydrogen-bond donors (Lipinski definition) is 3. The Kier molecular flexibility index (Phi) is 2.76. The van der Waals surface area contributed by atoms with Crippen LogP contribution >= 0.6 is 0 Å². The SMILES string of the molecule is Cc1cc([C@@H](O)C(=O)O)cc(C)c1O. The van der Waals surface area contributed by atoms with E-state index in [2.05, 4.69) is 0 Å². The van der Waals surface area contributed by atoms with Gasteiger partial charge in [0, 0.05) is 0 Å². The van der Waals surface area contributed by atoms with Crippen LogP contribution in [0.3, 0.4) is 0 Å². The van der Waals surface area contributed by atoms with Crippen LogP contribution in [0.5, 0.6) is 5.75 Å². The molecule has 0 unspecified atom stereocenters. The molecule has 0 amide bonds. The van der Waals surface area contributed by atoms with Gasteiger partial charge < -0.3 is 15.3 Å². The number of phenols is 1. The van der Waals surface area contributed by atoms with Crippen LogP contribution in [-0.4, -0.2) is 21.3 Å². The number of phenolic OH excluding ortho intramolecular Hbond substituents is 1. The summed E-state index contributed by atoms with van der Waals surface area (Å²) in [5, 5.41) is 27.3. The number of aliphatic hydroxyl groups excluding tert-OH is 1. The Balaban J connectivity index is 3.19. The fourth-order valence-electron chi connectivity index (χ4n) is 1.29. The molecule has 4 heteroatoms. The van der Waals surface area contributed by atoms with E-state index < -0.39 is 12.1 Å². The number of aliphatic hydroxyl groups is 1. The normalized spacial score (nSPS) is 12.5. The van der Waals surface area contributed by atoms with Gasteiger partial charge in [0.25, 0.3) is 0 Å². The molecule has 0 aliphatic carbocycles. The molecule has 0 aliphatic heterocycles. The van der Waals surface area contributed by atoms with E-state index >= 15 is 0 Å². The van der Waals surface area contributed by atoms with E-state index in [1.54, 1.807) is 13.8 Å². The van der Waals surface area contributed by atoms with Crippen molar-refractivity contribution in [2.75, 3.05) is 0 Å². The van der Waals surface area contributed by atoms with Crippen LogP contribution in [0.2, 0.25) is 0 Å². The molecule has 3 N–H and O–H groups in total. The van der Waals surface area contributed by atoms with Crippen LogP contribution in [0.15, 0.2) is 12.1 Å². The fourth-order valence-corrected chi connectivity index (χ4v) is 1.29. The van der Waals surface area contributed by atoms with E-state index in [1.165, 1.54) is 12.1 Å². The highest BCUT2D eigenvalue weighted by Gasteiger charge is 2.17. The summed E-state index contributed by atoms with van der Waals surface area (Å²) in [5.74, 6) is -1.17. The topological polar surface area (TPSA) is 77.8 Å². The van der Waals surface area contributed by atoms with Crippen molar-refractivity contribution in [2.45, 2.75) is 20.0 Å². The molecule has 0 radical (unpaired) electrons. The van der Waals surface area contributed by atoms with Crippen LogP contribution < -0.4 is 0 Å². The van der Waals surface area contributed by atoms with Gasteiger partial charge in [-0.2, -0.15) is 0 Å². The van der Waals surface area contributed by atoms with Crippen molar-refractivity contribution in [1.82, 2.24) is 0 Å². The van der Waals surface area contributed by atoms with Crippen molar-refractivity contribution in [1.29, 1.82) is 0 Å². The lowest BCUT2D eigenvalue weighted by Crippen LogP contribution is -2.10. The number of carboxylic acids is 1. The summed E-state index contributed by atoms with van der Waals surface area (Å²) in [6.07, 6.45) is -1.53. The molecule has 0 saturated carbocycles. The molecular formula is C10H12O4. The smallest absolute Gasteiger partial charge is 0.337 e. The van der Waals surface area contributed by atoms with Gasteiger partial charge in [-0.05, 0) is 42.7 Å². The first-order valence-corrected chi connectivity index (χ1v) is 4.14. The zero-order chi connectivity index (χ0) is 10.9. The molecule has 4 nitrogen and oxygen atoms in total. The van der Waals surface area contributed by atoms with E-state index in [-0.39, 0.29) is 11.3 Å². The minimum atomic E-state index is -1.53. The first-order valence-electron chi connectivity index (χ1n) is 4.14. The van der Waals surface area contributed by atoms with Gasteiger partial charge in [-0.3, -0.25) is 0 Å². The summed E-state index contributed by atoms with van der Waals surface area (Å²) in [7, 11) is 0. The molecule has 0 aromatic heterocycles. The van der Waals surface area contributed by atoms with E-state index in [4.69, 9.17) is 5.11 Å². The maximum Gasteiger partial charge on any atom is 0.337 e. The van der Waals surface area contributed by atoms with E-state index in [1.807, 2.05) is 0 Å². The van der Waals surface area contributed by atoms with Crippen LogP contribution in [0.4, 0.5) is 0 Å². The molecule has 0 heterocycles. The molecule has 1 atom stereocenters. The molecule has 1 aromatic rings. The van der Waals surface area contributed by atoms with Crippen molar-refractivity contribution in [2.24, 2.45) is 0 Å². The van der Waals surface area contributed by atoms with Crippen molar-refractivity contribution < 1.29 is 20.1 Å². The number of aromatic hydroxyl groups is 1. The molecule has 0 spiro atoms. The van der Waals surface area contributed by atoms with Crippen LogP contribution in [-0.2, 0) is 4.79 Å². The molecule has 0 saturated heterocycles. The minimum Gasteiger partial charge on any atom is -0.507 e. The monoisotopic (exact) mass is 196 g/mol. The summed E-state index contributed by atoms with van der Waals surface area (Å²) < 4.78 is 0. The molecule has 76 valence electrons. The highest BCUT2D eigenvalue weighted by molar-refractivity contribution is 5.74. The van der Waals surface area contributed by atoms with Crippen molar-refractivity contribution in [3.8, 4) is 5.75 Å². The Morgan fingerprint density at radius 1 is 1.29 bits per heavy atom. The van der Waals surface area contributed by atoms with Crippen molar-refractivity contribution >= 4 is 5.97 Å². The van der Waals surface area contributed by atoms with Gasteiger partial charge in [0.2, 0.25) is 0 Å². The summed E-state index contributed by atoms with van der Waals surface area (Å²) >= 11 is 0. The highest BCUT2D eigenvalue weighted by Crippen LogP contribution is 2.26. The maximum atomic E-state index is 10.5. The third kappa shape index (κ3) is 1.85. The summed E-state index contributed by atoms with van der Waals surface area (Å²) in [6, 6.07) is 2.92. The molecule has 0 fully saturated rings. The van der Waals surface area contributed by atoms with Gasteiger partial charge >= 0.3 is 5.97 Å². The summed E-state index contributed by atoms with van der Waals surface area (Å²) in [5.41, 5.74) is 1.39. The Hall–Kier alpha value is -1.55. The van der Waals surface area contributed by atoms with Gasteiger partial charge in [0.1, 0.15) is 5.75 Å². The van der Waals surface area contributed by atoms with Crippen LogP contribution in [0, 0.1) is 13.8 Å². The Labute approximate surface area is 81.4 Å². The number of hydrogen-bond acceptors (Lipinski definition) is 3. The quantitative estimate of drug-likeness (QED) is 0.662. The Morgan fingerprint density at radius 3 is 2.07 bits per heavy atom. The fraction of sp³-hybridized carbons (Fsp3) is 0.300. The Bertz CT molecular complexity index is 347. The lowest BCUT2D eigenvalue weighted by molar-refractivity contribution is -0.146. The number of carboxylic acid groups (broad SMARTS) is 1. The zero-order valence-electron chi connectivity index (χ0n) is 7.98. The van der Waals surface area contributed by atoms with Gasteiger partial charge in [0.05, 0.1) is 0 Å². The second-order valence-electron chi connectivity index (χ2n) is 3.24. The van der Waals surface area contributed by atoms with Gasteiger partial charge in [-0.25, -0.2) is 4.79 Å². The van der Waals surface area contributed by atoms with Crippen molar-refractivity contribution in [3.63, 3.8) is 0 Å². The molecule has 0 aliphatic rings. The minimum absolute atomic E-state index is 0.131. The lowest BCUT2D eigenvalue weighted by Gasteiger charge is -2.10. The zero-order valence-corrected chi connectivity index (χ0v) is 7.98. The highest BCUT2D eigenvalue weighted by atomic mass is 16.4. The Morgan fingerprint density at radius 2 is 1.71 bits per heavy atom. The number of aryl methyl sites for hydroxylation is 2. The molecule has 14 heavy (non-hydrogen) atoms. The largest absolute Gasteiger partial charge is 0.507 e. The maximum absolute atomic E-state index is 10.5. The average molecular weight is 196 g/mol. The van der Waals surface area contributed by atoms with Crippen molar-refractivity contribution in [3.05, 3.63) is 28.8 Å². The number of rotatable bonds is 2. The first kappa shape index (κ1) is 10.5. The number of benzene rings is 1. The molecule has 1 rings (SSSR count). The standard InChI is InChI=1S/C10H12O4/c1-5-3-7(9(12)10(13)14)4-6(2)8(5)11/h3-4,9,11-12H,1-2H3,(H,13,14)/t9-/m1/s1. The summed E-state index contributed by atoms with van der Waals surface area (Å²) in [4.78, 5) is 10.5. The van der Waals surface area contributed by atoms with Gasteiger partial charge in [-0.15, -0.1) is 0 Å². The average Bonchev–Trinajstić information content (AvgIpc) is 2.12.